The summed E-state index contributed by atoms with van der Waals surface area (Å²) < 4.78 is 34.4. The van der Waals surface area contributed by atoms with Gasteiger partial charge in [0, 0.05) is 17.5 Å². The number of rotatable bonds is 7. The Balaban J connectivity index is 1.13. The van der Waals surface area contributed by atoms with Crippen LogP contribution in [0.5, 0.6) is 0 Å². The van der Waals surface area contributed by atoms with Crippen LogP contribution in [0.15, 0.2) is 82.2 Å². The van der Waals surface area contributed by atoms with E-state index in [0.717, 1.165) is 17.3 Å². The number of anilines is 2. The summed E-state index contributed by atoms with van der Waals surface area (Å²) >= 11 is 0. The number of carbonyl (C=O) groups excluding carboxylic acids is 1. The Hall–Kier alpha value is -4.37. The van der Waals surface area contributed by atoms with E-state index in [1.54, 1.807) is 42.6 Å². The van der Waals surface area contributed by atoms with E-state index in [1.807, 2.05) is 6.07 Å². The highest BCUT2D eigenvalue weighted by Crippen LogP contribution is 2.46. The molecule has 222 valence electrons. The highest BCUT2D eigenvalue weighted by atomic mass is 32.2. The van der Waals surface area contributed by atoms with Crippen molar-refractivity contribution in [2.75, 3.05) is 10.0 Å². The number of fused-ring (bicyclic) bond motifs is 2. The molecule has 0 saturated heterocycles. The fourth-order valence-corrected chi connectivity index (χ4v) is 6.91. The molecule has 1 amide bonds. The van der Waals surface area contributed by atoms with Gasteiger partial charge in [-0.3, -0.25) is 14.6 Å². The number of hydrogen-bond acceptors (Lipinski definition) is 5. The van der Waals surface area contributed by atoms with Crippen LogP contribution >= 0.6 is 0 Å². The van der Waals surface area contributed by atoms with Gasteiger partial charge in [0.2, 0.25) is 0 Å². The van der Waals surface area contributed by atoms with Gasteiger partial charge in [0.25, 0.3) is 15.9 Å². The van der Waals surface area contributed by atoms with Gasteiger partial charge in [-0.05, 0) is 107 Å². The number of amides is 1. The Labute approximate surface area is 252 Å². The van der Waals surface area contributed by atoms with Crippen LogP contribution in [0.3, 0.4) is 0 Å². The first-order valence-corrected chi connectivity index (χ1v) is 15.9. The van der Waals surface area contributed by atoms with Crippen molar-refractivity contribution >= 4 is 38.2 Å². The van der Waals surface area contributed by atoms with Crippen molar-refractivity contribution in [1.82, 2.24) is 10.2 Å². The van der Waals surface area contributed by atoms with Crippen molar-refractivity contribution < 1.29 is 17.6 Å². The van der Waals surface area contributed by atoms with Gasteiger partial charge in [-0.1, -0.05) is 39.8 Å². The van der Waals surface area contributed by atoms with E-state index < -0.39 is 15.9 Å². The zero-order valence-electron chi connectivity index (χ0n) is 25.0. The lowest BCUT2D eigenvalue weighted by Crippen LogP contribution is -2.34. The van der Waals surface area contributed by atoms with Gasteiger partial charge in [0.1, 0.15) is 5.76 Å². The first kappa shape index (κ1) is 28.7. The number of sulfonamides is 1. The molecule has 43 heavy (non-hydrogen) atoms. The Bertz CT molecular complexity index is 1950. The number of hydrogen-bond donors (Lipinski definition) is 3. The van der Waals surface area contributed by atoms with Gasteiger partial charge in [0.15, 0.2) is 5.76 Å². The summed E-state index contributed by atoms with van der Waals surface area (Å²) in [5, 5.41) is 10.5. The molecule has 0 fully saturated rings. The first-order valence-electron chi connectivity index (χ1n) is 14.4. The third-order valence-corrected chi connectivity index (χ3v) is 10.1. The number of aryl methyl sites for hydroxylation is 1. The zero-order chi connectivity index (χ0) is 30.6. The van der Waals surface area contributed by atoms with Gasteiger partial charge in [-0.15, -0.1) is 0 Å². The van der Waals surface area contributed by atoms with E-state index >= 15 is 0 Å². The third kappa shape index (κ3) is 5.69. The van der Waals surface area contributed by atoms with E-state index in [9.17, 15) is 13.2 Å². The number of furan rings is 1. The predicted octanol–water partition coefficient (Wildman–Crippen LogP) is 7.46. The van der Waals surface area contributed by atoms with Gasteiger partial charge in [0.05, 0.1) is 22.3 Å². The summed E-state index contributed by atoms with van der Waals surface area (Å²) in [6, 6.07) is 19.3. The Kier molecular flexibility index (Phi) is 6.96. The summed E-state index contributed by atoms with van der Waals surface area (Å²) in [4.78, 5) is 13.0. The second kappa shape index (κ2) is 10.4. The topological polar surface area (TPSA) is 117 Å². The number of aromatic amines is 1. The van der Waals surface area contributed by atoms with Crippen LogP contribution in [0, 0.1) is 6.92 Å². The molecule has 1 aliphatic rings. The van der Waals surface area contributed by atoms with Crippen molar-refractivity contribution in [1.29, 1.82) is 0 Å². The molecule has 5 aromatic rings. The van der Waals surface area contributed by atoms with Gasteiger partial charge < -0.3 is 9.73 Å². The number of benzene rings is 3. The maximum absolute atomic E-state index is 13.0. The number of nitrogens with zero attached hydrogens (tertiary/aromatic N) is 1. The minimum atomic E-state index is -3.83. The van der Waals surface area contributed by atoms with Crippen molar-refractivity contribution in [3.05, 3.63) is 107 Å². The average Bonchev–Trinajstić information content (AvgIpc) is 3.62. The summed E-state index contributed by atoms with van der Waals surface area (Å²) in [6.45, 7) is 11.4. The van der Waals surface area contributed by atoms with Crippen molar-refractivity contribution in [2.24, 2.45) is 0 Å². The molecule has 9 heteroatoms. The summed E-state index contributed by atoms with van der Waals surface area (Å²) in [5.41, 5.74) is 7.10. The standard InChI is InChI=1S/C34H36N4O4S/c1-21-16-28-29(34(4,5)15-14-33(28,2)3)18-23(21)17-26-10-13-31(42-26)32(39)36-24-8-11-27(12-9-24)43(40,41)38-25-7-6-22-20-35-37-30(22)19-25/h6-13,16,18-20,38H,14-15,17H2,1-5H3,(H,35,37)(H,36,39). The highest BCUT2D eigenvalue weighted by Gasteiger charge is 2.37. The van der Waals surface area contributed by atoms with Crippen LogP contribution < -0.4 is 10.0 Å². The van der Waals surface area contributed by atoms with Crippen LogP contribution in [0.25, 0.3) is 10.9 Å². The van der Waals surface area contributed by atoms with Crippen LogP contribution in [-0.2, 0) is 27.3 Å². The third-order valence-electron chi connectivity index (χ3n) is 8.68. The Morgan fingerprint density at radius 2 is 1.58 bits per heavy atom. The number of nitrogens with one attached hydrogen (secondary N) is 3. The monoisotopic (exact) mass is 596 g/mol. The molecule has 3 N–H and O–H groups in total. The summed E-state index contributed by atoms with van der Waals surface area (Å²) in [5.74, 6) is 0.499. The maximum atomic E-state index is 13.0. The van der Waals surface area contributed by atoms with Crippen LogP contribution in [0.1, 0.15) is 79.1 Å². The van der Waals surface area contributed by atoms with Crippen molar-refractivity contribution in [3.8, 4) is 0 Å². The summed E-state index contributed by atoms with van der Waals surface area (Å²) in [7, 11) is -3.83. The molecule has 3 aromatic carbocycles. The van der Waals surface area contributed by atoms with Crippen molar-refractivity contribution in [2.45, 2.75) is 69.6 Å². The zero-order valence-corrected chi connectivity index (χ0v) is 25.9. The molecule has 0 spiro atoms. The molecule has 8 nitrogen and oxygen atoms in total. The SMILES string of the molecule is Cc1cc2c(cc1Cc1ccc(C(=O)Nc3ccc(S(=O)(=O)Nc4ccc5cn[nH]c5c4)cc3)o1)C(C)(C)CCC2(C)C. The lowest BCUT2D eigenvalue weighted by atomic mass is 9.62. The number of H-pyrrole nitrogens is 1. The van der Waals surface area contributed by atoms with E-state index in [4.69, 9.17) is 4.42 Å². The van der Waals surface area contributed by atoms with Crippen LogP contribution in [-0.4, -0.2) is 24.5 Å². The minimum Gasteiger partial charge on any atom is -0.456 e. The van der Waals surface area contributed by atoms with E-state index in [1.165, 1.54) is 40.8 Å². The molecule has 0 radical (unpaired) electrons. The predicted molar refractivity (Wildman–Crippen MR) is 169 cm³/mol. The average molecular weight is 597 g/mol. The molecule has 6 rings (SSSR count). The normalized spacial score (nSPS) is 15.7. The number of carbonyl (C=O) groups is 1. The molecule has 2 aromatic heterocycles. The molecule has 2 heterocycles. The fourth-order valence-electron chi connectivity index (χ4n) is 5.86. The largest absolute Gasteiger partial charge is 0.456 e. The minimum absolute atomic E-state index is 0.0717. The van der Waals surface area contributed by atoms with E-state index in [2.05, 4.69) is 67.0 Å². The van der Waals surface area contributed by atoms with E-state index in [0.29, 0.717) is 23.6 Å². The first-order chi connectivity index (χ1) is 20.3. The molecule has 0 saturated carbocycles. The lowest BCUT2D eigenvalue weighted by Gasteiger charge is -2.42. The molecular weight excluding hydrogens is 560 g/mol. The van der Waals surface area contributed by atoms with Gasteiger partial charge in [-0.25, -0.2) is 8.42 Å². The summed E-state index contributed by atoms with van der Waals surface area (Å²) in [6.07, 6.45) is 4.57. The second-order valence-electron chi connectivity index (χ2n) is 12.8. The molecule has 1 aliphatic carbocycles. The smallest absolute Gasteiger partial charge is 0.291 e. The molecule has 0 atom stereocenters. The molecule has 0 unspecified atom stereocenters. The Morgan fingerprint density at radius 3 is 2.30 bits per heavy atom. The van der Waals surface area contributed by atoms with E-state index in [-0.39, 0.29) is 21.5 Å². The van der Waals surface area contributed by atoms with Crippen LogP contribution in [0.4, 0.5) is 11.4 Å². The number of aromatic nitrogens is 2. The lowest BCUT2D eigenvalue weighted by molar-refractivity contribution is 0.0995. The quantitative estimate of drug-likeness (QED) is 0.180. The molecule has 0 bridgehead atoms. The Morgan fingerprint density at radius 1 is 0.907 bits per heavy atom. The highest BCUT2D eigenvalue weighted by molar-refractivity contribution is 7.92. The van der Waals surface area contributed by atoms with Gasteiger partial charge in [-0.2, -0.15) is 5.10 Å². The molecular formula is C34H36N4O4S. The van der Waals surface area contributed by atoms with Crippen LogP contribution in [0.2, 0.25) is 0 Å². The van der Waals surface area contributed by atoms with Crippen molar-refractivity contribution in [3.63, 3.8) is 0 Å². The second-order valence-corrected chi connectivity index (χ2v) is 14.5. The maximum Gasteiger partial charge on any atom is 0.291 e. The molecule has 0 aliphatic heterocycles. The van der Waals surface area contributed by atoms with Gasteiger partial charge >= 0.3 is 0 Å². The fraction of sp³-hybridized carbons (Fsp3) is 0.294.